The van der Waals surface area contributed by atoms with Gasteiger partial charge in [0.2, 0.25) is 5.91 Å². The van der Waals surface area contributed by atoms with E-state index < -0.39 is 0 Å². The Hall–Kier alpha value is -2.40. The van der Waals surface area contributed by atoms with E-state index in [1.165, 1.54) is 0 Å². The van der Waals surface area contributed by atoms with Gasteiger partial charge in [-0.05, 0) is 49.2 Å². The Morgan fingerprint density at radius 2 is 1.96 bits per heavy atom. The van der Waals surface area contributed by atoms with Crippen LogP contribution in [0.5, 0.6) is 11.5 Å². The minimum absolute atomic E-state index is 0.145. The fraction of sp³-hybridized carbons (Fsp3) is 0.409. The summed E-state index contributed by atoms with van der Waals surface area (Å²) in [7, 11) is 0. The molecule has 2 heterocycles. The third-order valence-electron chi connectivity index (χ3n) is 5.38. The molecule has 1 fully saturated rings. The highest BCUT2D eigenvalue weighted by molar-refractivity contribution is 6.30. The molecule has 28 heavy (non-hydrogen) atoms. The second-order valence-electron chi connectivity index (χ2n) is 7.18. The Morgan fingerprint density at radius 1 is 1.18 bits per heavy atom. The molecule has 2 aliphatic heterocycles. The van der Waals surface area contributed by atoms with Crippen molar-refractivity contribution in [1.29, 1.82) is 0 Å². The van der Waals surface area contributed by atoms with Gasteiger partial charge in [0.1, 0.15) is 18.1 Å². The predicted octanol–water partition coefficient (Wildman–Crippen LogP) is 3.64. The summed E-state index contributed by atoms with van der Waals surface area (Å²) in [6, 6.07) is 13.7. The van der Waals surface area contributed by atoms with E-state index in [-0.39, 0.29) is 11.8 Å². The highest BCUT2D eigenvalue weighted by Gasteiger charge is 2.31. The average Bonchev–Trinajstić information content (AvgIpc) is 2.73. The first-order valence-corrected chi connectivity index (χ1v) is 10.2. The zero-order valence-corrected chi connectivity index (χ0v) is 16.8. The number of amides is 1. The molecule has 1 amide bonds. The number of rotatable bonds is 4. The van der Waals surface area contributed by atoms with Crippen molar-refractivity contribution in [3.05, 3.63) is 53.1 Å². The van der Waals surface area contributed by atoms with Crippen molar-refractivity contribution in [2.75, 3.05) is 44.3 Å². The van der Waals surface area contributed by atoms with Gasteiger partial charge in [0, 0.05) is 31.2 Å². The molecule has 0 aliphatic carbocycles. The van der Waals surface area contributed by atoms with Crippen molar-refractivity contribution < 1.29 is 14.3 Å². The van der Waals surface area contributed by atoms with Crippen LogP contribution in [0.2, 0.25) is 5.02 Å². The van der Waals surface area contributed by atoms with Crippen LogP contribution in [0.1, 0.15) is 12.5 Å². The second-order valence-corrected chi connectivity index (χ2v) is 7.61. The molecule has 5 nitrogen and oxygen atoms in total. The Kier molecular flexibility index (Phi) is 5.62. The van der Waals surface area contributed by atoms with Crippen molar-refractivity contribution in [2.45, 2.75) is 13.3 Å². The summed E-state index contributed by atoms with van der Waals surface area (Å²) in [6.45, 7) is 6.07. The maximum absolute atomic E-state index is 13.0. The predicted molar refractivity (Wildman–Crippen MR) is 111 cm³/mol. The zero-order chi connectivity index (χ0) is 19.5. The lowest BCUT2D eigenvalue weighted by Gasteiger charge is -2.38. The molecular weight excluding hydrogens is 376 g/mol. The first-order valence-electron chi connectivity index (χ1n) is 9.82. The van der Waals surface area contributed by atoms with Gasteiger partial charge in [-0.1, -0.05) is 23.7 Å². The van der Waals surface area contributed by atoms with Crippen LogP contribution in [0.15, 0.2) is 42.5 Å². The highest BCUT2D eigenvalue weighted by Crippen LogP contribution is 2.32. The molecule has 0 aromatic heterocycles. The van der Waals surface area contributed by atoms with Crippen LogP contribution < -0.4 is 14.4 Å². The number of ether oxygens (including phenoxy) is 2. The fourth-order valence-electron chi connectivity index (χ4n) is 3.94. The van der Waals surface area contributed by atoms with E-state index in [4.69, 9.17) is 21.1 Å². The van der Waals surface area contributed by atoms with Gasteiger partial charge < -0.3 is 19.3 Å². The lowest BCUT2D eigenvalue weighted by Crippen LogP contribution is -2.51. The summed E-state index contributed by atoms with van der Waals surface area (Å²) in [5.74, 6) is 1.77. The van der Waals surface area contributed by atoms with Gasteiger partial charge in [-0.25, -0.2) is 0 Å². The van der Waals surface area contributed by atoms with Crippen LogP contribution in [0.4, 0.5) is 5.69 Å². The number of anilines is 1. The van der Waals surface area contributed by atoms with Gasteiger partial charge in [-0.15, -0.1) is 0 Å². The molecule has 0 radical (unpaired) electrons. The summed E-state index contributed by atoms with van der Waals surface area (Å²) in [4.78, 5) is 17.3. The molecule has 2 aromatic rings. The molecule has 0 unspecified atom stereocenters. The lowest BCUT2D eigenvalue weighted by atomic mass is 9.95. The normalized spacial score (nSPS) is 19.0. The molecule has 1 saturated heterocycles. The highest BCUT2D eigenvalue weighted by atomic mass is 35.5. The fourth-order valence-corrected chi connectivity index (χ4v) is 4.14. The number of halogens is 1. The molecule has 0 spiro atoms. The van der Waals surface area contributed by atoms with Crippen molar-refractivity contribution in [3.8, 4) is 11.5 Å². The molecule has 0 bridgehead atoms. The Balaban J connectivity index is 1.38. The van der Waals surface area contributed by atoms with Crippen LogP contribution in [0.25, 0.3) is 0 Å². The number of hydrogen-bond donors (Lipinski definition) is 0. The van der Waals surface area contributed by atoms with Crippen molar-refractivity contribution in [1.82, 2.24) is 4.90 Å². The lowest BCUT2D eigenvalue weighted by molar-refractivity contribution is -0.137. The minimum Gasteiger partial charge on any atom is -0.492 e. The van der Waals surface area contributed by atoms with Gasteiger partial charge in [0.05, 0.1) is 18.2 Å². The maximum atomic E-state index is 13.0. The largest absolute Gasteiger partial charge is 0.492 e. The number of benzene rings is 2. The number of carbonyl (C=O) groups excluding carboxylic acids is 1. The quantitative estimate of drug-likeness (QED) is 0.785. The van der Waals surface area contributed by atoms with Gasteiger partial charge >= 0.3 is 0 Å². The Labute approximate surface area is 170 Å². The van der Waals surface area contributed by atoms with E-state index in [0.29, 0.717) is 37.7 Å². The molecular formula is C22H25ClN2O3. The van der Waals surface area contributed by atoms with E-state index >= 15 is 0 Å². The van der Waals surface area contributed by atoms with Gasteiger partial charge in [0.15, 0.2) is 0 Å². The summed E-state index contributed by atoms with van der Waals surface area (Å²) in [6.07, 6.45) is 0.683. The van der Waals surface area contributed by atoms with Crippen LogP contribution >= 0.6 is 11.6 Å². The second kappa shape index (κ2) is 8.31. The van der Waals surface area contributed by atoms with E-state index in [9.17, 15) is 4.79 Å². The van der Waals surface area contributed by atoms with E-state index in [1.807, 2.05) is 48.2 Å². The van der Waals surface area contributed by atoms with E-state index in [1.54, 1.807) is 0 Å². The molecule has 2 aromatic carbocycles. The SMILES string of the molecule is CCOc1ccccc1N1CCN(C(=O)[C@@H]2COc3ccc(Cl)cc3C2)CC1. The summed E-state index contributed by atoms with van der Waals surface area (Å²) >= 11 is 6.10. The Morgan fingerprint density at radius 3 is 2.75 bits per heavy atom. The third kappa shape index (κ3) is 3.90. The molecule has 6 heteroatoms. The number of nitrogens with zero attached hydrogens (tertiary/aromatic N) is 2. The smallest absolute Gasteiger partial charge is 0.229 e. The monoisotopic (exact) mass is 400 g/mol. The first kappa shape index (κ1) is 18.9. The Bertz CT molecular complexity index is 849. The van der Waals surface area contributed by atoms with Crippen LogP contribution in [0.3, 0.4) is 0 Å². The maximum Gasteiger partial charge on any atom is 0.229 e. The third-order valence-corrected chi connectivity index (χ3v) is 5.61. The number of piperazine rings is 1. The summed E-state index contributed by atoms with van der Waals surface area (Å²) in [5.41, 5.74) is 2.11. The molecule has 0 N–H and O–H groups in total. The van der Waals surface area contributed by atoms with E-state index in [2.05, 4.69) is 11.0 Å². The topological polar surface area (TPSA) is 42.0 Å². The van der Waals surface area contributed by atoms with Gasteiger partial charge in [-0.3, -0.25) is 4.79 Å². The average molecular weight is 401 g/mol. The standard InChI is InChI=1S/C22H25ClN2O3/c1-2-27-21-6-4-3-5-19(21)24-9-11-25(12-10-24)22(26)17-13-16-14-18(23)7-8-20(16)28-15-17/h3-8,14,17H,2,9-13,15H2,1H3/t17-/m0/s1. The van der Waals surface area contributed by atoms with E-state index in [0.717, 1.165) is 35.8 Å². The van der Waals surface area contributed by atoms with Crippen molar-refractivity contribution >= 4 is 23.2 Å². The minimum atomic E-state index is -0.145. The van der Waals surface area contributed by atoms with Crippen molar-refractivity contribution in [2.24, 2.45) is 5.92 Å². The summed E-state index contributed by atoms with van der Waals surface area (Å²) < 4.78 is 11.6. The number of hydrogen-bond acceptors (Lipinski definition) is 4. The molecule has 0 saturated carbocycles. The first-order chi connectivity index (χ1) is 13.7. The molecule has 1 atom stereocenters. The number of carbonyl (C=O) groups is 1. The van der Waals surface area contributed by atoms with Crippen LogP contribution in [0, 0.1) is 5.92 Å². The molecule has 2 aliphatic rings. The van der Waals surface area contributed by atoms with Crippen molar-refractivity contribution in [3.63, 3.8) is 0 Å². The van der Waals surface area contributed by atoms with Gasteiger partial charge in [0.25, 0.3) is 0 Å². The summed E-state index contributed by atoms with van der Waals surface area (Å²) in [5, 5.41) is 0.678. The zero-order valence-electron chi connectivity index (χ0n) is 16.1. The van der Waals surface area contributed by atoms with Crippen LogP contribution in [-0.4, -0.2) is 50.2 Å². The number of para-hydroxylation sites is 2. The number of fused-ring (bicyclic) bond motifs is 1. The van der Waals surface area contributed by atoms with Gasteiger partial charge in [-0.2, -0.15) is 0 Å². The van der Waals surface area contributed by atoms with Crippen LogP contribution in [-0.2, 0) is 11.2 Å². The molecule has 4 rings (SSSR count). The molecule has 148 valence electrons.